The second-order valence-corrected chi connectivity index (χ2v) is 6.38. The second kappa shape index (κ2) is 5.68. The Hall–Kier alpha value is -1.44. The summed E-state index contributed by atoms with van der Waals surface area (Å²) < 4.78 is 27.8. The lowest BCUT2D eigenvalue weighted by Crippen LogP contribution is -2.48. The smallest absolute Gasteiger partial charge is 0.243 e. The molecule has 2 rings (SSSR count). The second-order valence-electron chi connectivity index (χ2n) is 4.37. The summed E-state index contributed by atoms with van der Waals surface area (Å²) in [7, 11) is -3.21. The van der Waals surface area contributed by atoms with E-state index in [9.17, 15) is 13.2 Å². The SMILES string of the molecule is CS(=O)(=O)c1ccc(NC(=O)C2COCCN2)cc1. The van der Waals surface area contributed by atoms with Crippen LogP contribution in [0, 0.1) is 0 Å². The number of sulfone groups is 1. The molecular formula is C12H16N2O4S. The summed E-state index contributed by atoms with van der Waals surface area (Å²) in [5.74, 6) is -0.188. The van der Waals surface area contributed by atoms with Crippen LogP contribution in [0.2, 0.25) is 0 Å². The van der Waals surface area contributed by atoms with Crippen LogP contribution in [0.1, 0.15) is 0 Å². The molecule has 1 heterocycles. The van der Waals surface area contributed by atoms with Gasteiger partial charge in [-0.15, -0.1) is 0 Å². The fourth-order valence-corrected chi connectivity index (χ4v) is 2.38. The fourth-order valence-electron chi connectivity index (χ4n) is 1.75. The minimum Gasteiger partial charge on any atom is -0.378 e. The summed E-state index contributed by atoms with van der Waals surface area (Å²) in [6.45, 7) is 1.59. The number of carbonyl (C=O) groups excluding carboxylic acids is 1. The molecule has 0 spiro atoms. The summed E-state index contributed by atoms with van der Waals surface area (Å²) in [4.78, 5) is 12.1. The molecule has 1 fully saturated rings. The Labute approximate surface area is 112 Å². The first-order valence-electron chi connectivity index (χ1n) is 5.89. The van der Waals surface area contributed by atoms with Crippen LogP contribution in [-0.2, 0) is 19.4 Å². The molecule has 2 N–H and O–H groups in total. The zero-order valence-electron chi connectivity index (χ0n) is 10.5. The average Bonchev–Trinajstić information content (AvgIpc) is 2.39. The van der Waals surface area contributed by atoms with Gasteiger partial charge in [-0.3, -0.25) is 4.79 Å². The number of hydrogen-bond donors (Lipinski definition) is 2. The number of morpholine rings is 1. The highest BCUT2D eigenvalue weighted by atomic mass is 32.2. The van der Waals surface area contributed by atoms with Gasteiger partial charge in [0.2, 0.25) is 5.91 Å². The number of carbonyl (C=O) groups is 1. The van der Waals surface area contributed by atoms with E-state index in [1.807, 2.05) is 0 Å². The minimum atomic E-state index is -3.21. The number of amides is 1. The third-order valence-corrected chi connectivity index (χ3v) is 3.92. The number of ether oxygens (including phenoxy) is 1. The molecule has 1 atom stereocenters. The number of benzene rings is 1. The molecule has 104 valence electrons. The largest absolute Gasteiger partial charge is 0.378 e. The quantitative estimate of drug-likeness (QED) is 0.817. The molecule has 0 bridgehead atoms. The number of hydrogen-bond acceptors (Lipinski definition) is 5. The van der Waals surface area contributed by atoms with Crippen LogP contribution in [0.3, 0.4) is 0 Å². The highest BCUT2D eigenvalue weighted by molar-refractivity contribution is 7.90. The van der Waals surface area contributed by atoms with Crippen molar-refractivity contribution in [2.45, 2.75) is 10.9 Å². The molecule has 1 aliphatic heterocycles. The van der Waals surface area contributed by atoms with Crippen molar-refractivity contribution in [3.8, 4) is 0 Å². The predicted octanol–water partition coefficient (Wildman–Crippen LogP) is 0.0170. The summed E-state index contributed by atoms with van der Waals surface area (Å²) in [5.41, 5.74) is 0.560. The van der Waals surface area contributed by atoms with E-state index in [4.69, 9.17) is 4.74 Å². The van der Waals surface area contributed by atoms with Crippen LogP contribution in [-0.4, -0.2) is 46.4 Å². The van der Waals surface area contributed by atoms with E-state index < -0.39 is 9.84 Å². The van der Waals surface area contributed by atoms with E-state index in [0.717, 1.165) is 6.26 Å². The molecule has 1 aliphatic rings. The van der Waals surface area contributed by atoms with Crippen LogP contribution < -0.4 is 10.6 Å². The molecule has 7 heteroatoms. The molecule has 0 saturated carbocycles. The summed E-state index contributed by atoms with van der Waals surface area (Å²) >= 11 is 0. The van der Waals surface area contributed by atoms with E-state index in [1.165, 1.54) is 12.1 Å². The zero-order valence-corrected chi connectivity index (χ0v) is 11.4. The van der Waals surface area contributed by atoms with Crippen molar-refractivity contribution in [1.29, 1.82) is 0 Å². The van der Waals surface area contributed by atoms with Gasteiger partial charge in [0.05, 0.1) is 18.1 Å². The Morgan fingerprint density at radius 2 is 2.05 bits per heavy atom. The summed E-state index contributed by atoms with van der Waals surface area (Å²) in [6.07, 6.45) is 1.14. The van der Waals surface area contributed by atoms with Crippen molar-refractivity contribution < 1.29 is 17.9 Å². The maximum Gasteiger partial charge on any atom is 0.243 e. The molecule has 19 heavy (non-hydrogen) atoms. The zero-order chi connectivity index (χ0) is 13.9. The molecule has 1 amide bonds. The van der Waals surface area contributed by atoms with E-state index >= 15 is 0 Å². The third-order valence-electron chi connectivity index (χ3n) is 2.79. The van der Waals surface area contributed by atoms with Gasteiger partial charge in [0.25, 0.3) is 0 Å². The topological polar surface area (TPSA) is 84.5 Å². The van der Waals surface area contributed by atoms with E-state index in [0.29, 0.717) is 25.4 Å². The third kappa shape index (κ3) is 3.76. The van der Waals surface area contributed by atoms with Crippen molar-refractivity contribution in [2.24, 2.45) is 0 Å². The van der Waals surface area contributed by atoms with Gasteiger partial charge in [0.1, 0.15) is 6.04 Å². The van der Waals surface area contributed by atoms with Gasteiger partial charge in [0.15, 0.2) is 9.84 Å². The molecule has 6 nitrogen and oxygen atoms in total. The molecule has 1 unspecified atom stereocenters. The van der Waals surface area contributed by atoms with Crippen LogP contribution >= 0.6 is 0 Å². The average molecular weight is 284 g/mol. The van der Waals surface area contributed by atoms with Crippen molar-refractivity contribution in [3.63, 3.8) is 0 Å². The highest BCUT2D eigenvalue weighted by Crippen LogP contribution is 2.14. The highest BCUT2D eigenvalue weighted by Gasteiger charge is 2.21. The van der Waals surface area contributed by atoms with Gasteiger partial charge >= 0.3 is 0 Å². The summed E-state index contributed by atoms with van der Waals surface area (Å²) in [6, 6.07) is 5.70. The first-order chi connectivity index (χ1) is 8.97. The standard InChI is InChI=1S/C12H16N2O4S/c1-19(16,17)10-4-2-9(3-5-10)14-12(15)11-8-18-7-6-13-11/h2-5,11,13H,6-8H2,1H3,(H,14,15). The van der Waals surface area contributed by atoms with Gasteiger partial charge in [0, 0.05) is 18.5 Å². The lowest BCUT2D eigenvalue weighted by Gasteiger charge is -2.22. The molecule has 0 aromatic heterocycles. The summed E-state index contributed by atoms with van der Waals surface area (Å²) in [5, 5.41) is 5.76. The Kier molecular flexibility index (Phi) is 4.18. The van der Waals surface area contributed by atoms with Crippen molar-refractivity contribution in [1.82, 2.24) is 5.32 Å². The Balaban J connectivity index is 2.01. The van der Waals surface area contributed by atoms with Crippen LogP contribution in [0.25, 0.3) is 0 Å². The van der Waals surface area contributed by atoms with Gasteiger partial charge in [-0.1, -0.05) is 0 Å². The molecular weight excluding hydrogens is 268 g/mol. The van der Waals surface area contributed by atoms with E-state index in [2.05, 4.69) is 10.6 Å². The first-order valence-corrected chi connectivity index (χ1v) is 7.78. The van der Waals surface area contributed by atoms with E-state index in [1.54, 1.807) is 12.1 Å². The molecule has 1 saturated heterocycles. The van der Waals surface area contributed by atoms with Crippen LogP contribution in [0.15, 0.2) is 29.2 Å². The maximum absolute atomic E-state index is 11.9. The normalized spacial score (nSPS) is 19.9. The van der Waals surface area contributed by atoms with Gasteiger partial charge < -0.3 is 15.4 Å². The molecule has 0 radical (unpaired) electrons. The number of anilines is 1. The Morgan fingerprint density at radius 1 is 1.37 bits per heavy atom. The maximum atomic E-state index is 11.9. The monoisotopic (exact) mass is 284 g/mol. The predicted molar refractivity (Wildman–Crippen MR) is 70.8 cm³/mol. The molecule has 0 aliphatic carbocycles. The number of rotatable bonds is 3. The number of nitrogens with one attached hydrogen (secondary N) is 2. The molecule has 1 aromatic carbocycles. The van der Waals surface area contributed by atoms with Gasteiger partial charge in [-0.05, 0) is 24.3 Å². The lowest BCUT2D eigenvalue weighted by molar-refractivity contribution is -0.120. The molecule has 1 aromatic rings. The van der Waals surface area contributed by atoms with Gasteiger partial charge in [-0.2, -0.15) is 0 Å². The Bertz CT molecular complexity index is 548. The van der Waals surface area contributed by atoms with Crippen molar-refractivity contribution in [3.05, 3.63) is 24.3 Å². The fraction of sp³-hybridized carbons (Fsp3) is 0.417. The van der Waals surface area contributed by atoms with Crippen LogP contribution in [0.5, 0.6) is 0 Å². The lowest BCUT2D eigenvalue weighted by atomic mass is 10.2. The van der Waals surface area contributed by atoms with Gasteiger partial charge in [-0.25, -0.2) is 8.42 Å². The first kappa shape index (κ1) is 14.0. The van der Waals surface area contributed by atoms with Crippen LogP contribution in [0.4, 0.5) is 5.69 Å². The Morgan fingerprint density at radius 3 is 2.58 bits per heavy atom. The van der Waals surface area contributed by atoms with Crippen molar-refractivity contribution in [2.75, 3.05) is 31.3 Å². The van der Waals surface area contributed by atoms with Crippen molar-refractivity contribution >= 4 is 21.4 Å². The van der Waals surface area contributed by atoms with E-state index in [-0.39, 0.29) is 16.8 Å². The minimum absolute atomic E-state index is 0.188.